The van der Waals surface area contributed by atoms with Crippen molar-refractivity contribution in [2.45, 2.75) is 17.2 Å². The molecule has 0 amide bonds. The number of aromatic nitrogens is 1. The second-order valence-corrected chi connectivity index (χ2v) is 10.5. The molecule has 0 bridgehead atoms. The Morgan fingerprint density at radius 3 is 2.59 bits per heavy atom. The monoisotopic (exact) mass is 450 g/mol. The minimum Gasteiger partial charge on any atom is -0.354 e. The molecule has 29 heavy (non-hydrogen) atoms. The van der Waals surface area contributed by atoms with Crippen LogP contribution in [0.1, 0.15) is 11.1 Å². The molecule has 2 aliphatic rings. The van der Waals surface area contributed by atoms with Crippen molar-refractivity contribution in [2.75, 3.05) is 37.6 Å². The highest BCUT2D eigenvalue weighted by molar-refractivity contribution is 7.91. The third-order valence-corrected chi connectivity index (χ3v) is 8.90. The van der Waals surface area contributed by atoms with E-state index in [4.69, 9.17) is 0 Å². The summed E-state index contributed by atoms with van der Waals surface area (Å²) < 4.78 is 29.7. The van der Waals surface area contributed by atoms with Gasteiger partial charge in [-0.1, -0.05) is 24.3 Å². The second kappa shape index (κ2) is 8.20. The summed E-state index contributed by atoms with van der Waals surface area (Å²) in [7, 11) is -3.52. The molecule has 1 fully saturated rings. The molecule has 6 nitrogen and oxygen atoms in total. The fourth-order valence-corrected chi connectivity index (χ4v) is 6.93. The van der Waals surface area contributed by atoms with Crippen LogP contribution in [0.2, 0.25) is 0 Å². The Hall–Kier alpha value is -1.71. The van der Waals surface area contributed by atoms with Crippen LogP contribution in [0.4, 0.5) is 5.82 Å². The van der Waals surface area contributed by atoms with E-state index in [1.165, 1.54) is 16.9 Å². The first-order valence-corrected chi connectivity index (χ1v) is 11.8. The van der Waals surface area contributed by atoms with Gasteiger partial charge in [0.1, 0.15) is 10.0 Å². The lowest BCUT2D eigenvalue weighted by atomic mass is 10.0. The number of hydrogen-bond acceptors (Lipinski definition) is 6. The number of benzene rings is 1. The van der Waals surface area contributed by atoms with E-state index in [0.29, 0.717) is 17.3 Å². The molecule has 1 saturated heterocycles. The molecular formula is C20H23ClN4O2S2. The average Bonchev–Trinajstić information content (AvgIpc) is 3.19. The molecule has 154 valence electrons. The zero-order valence-corrected chi connectivity index (χ0v) is 18.3. The third-order valence-electron chi connectivity index (χ3n) is 5.51. The number of nitrogens with zero attached hydrogens (tertiary/aromatic N) is 3. The molecule has 0 spiro atoms. The van der Waals surface area contributed by atoms with E-state index in [0.717, 1.165) is 54.1 Å². The van der Waals surface area contributed by atoms with Crippen LogP contribution in [0.5, 0.6) is 0 Å². The molecule has 9 heteroatoms. The lowest BCUT2D eigenvalue weighted by Crippen LogP contribution is -2.43. The third kappa shape index (κ3) is 3.75. The molecule has 2 aliphatic heterocycles. The van der Waals surface area contributed by atoms with Crippen molar-refractivity contribution in [3.8, 4) is 0 Å². The fourth-order valence-electron chi connectivity index (χ4n) is 3.98. The van der Waals surface area contributed by atoms with E-state index in [-0.39, 0.29) is 12.4 Å². The summed E-state index contributed by atoms with van der Waals surface area (Å²) in [6, 6.07) is 11.8. The standard InChI is InChI=1S/C20H22N4O2S2.ClH/c25-28(26,24-10-6-15-3-1-2-4-16(15)14-24)19-13-17-18(27-19)5-7-22-20(17)23-11-8-21-9-12-23;/h1-5,7,13,21H,6,8-12,14H2;1H. The number of piperazine rings is 1. The number of anilines is 1. The second-order valence-electron chi connectivity index (χ2n) is 7.21. The van der Waals surface area contributed by atoms with Crippen LogP contribution in [0, 0.1) is 0 Å². The van der Waals surface area contributed by atoms with Crippen molar-refractivity contribution in [2.24, 2.45) is 0 Å². The maximum Gasteiger partial charge on any atom is 0.252 e. The lowest BCUT2D eigenvalue weighted by Gasteiger charge is -2.28. The minimum atomic E-state index is -3.52. The van der Waals surface area contributed by atoms with Gasteiger partial charge >= 0.3 is 0 Å². The number of sulfonamides is 1. The summed E-state index contributed by atoms with van der Waals surface area (Å²) in [6.45, 7) is 4.56. The highest BCUT2D eigenvalue weighted by Gasteiger charge is 2.30. The van der Waals surface area contributed by atoms with Crippen LogP contribution in [0.25, 0.3) is 10.1 Å². The van der Waals surface area contributed by atoms with Gasteiger partial charge in [0.15, 0.2) is 0 Å². The van der Waals surface area contributed by atoms with Crippen LogP contribution in [-0.2, 0) is 23.0 Å². The van der Waals surface area contributed by atoms with Crippen molar-refractivity contribution in [3.63, 3.8) is 0 Å². The summed E-state index contributed by atoms with van der Waals surface area (Å²) in [6.07, 6.45) is 2.54. The van der Waals surface area contributed by atoms with Crippen LogP contribution >= 0.6 is 23.7 Å². The van der Waals surface area contributed by atoms with E-state index in [2.05, 4.69) is 21.3 Å². The summed E-state index contributed by atoms with van der Waals surface area (Å²) in [4.78, 5) is 6.80. The minimum absolute atomic E-state index is 0. The molecule has 1 aromatic carbocycles. The zero-order chi connectivity index (χ0) is 19.1. The maximum absolute atomic E-state index is 13.3. The Labute approximate surface area is 181 Å². The number of nitrogens with one attached hydrogen (secondary N) is 1. The SMILES string of the molecule is Cl.O=S(=O)(c1cc2c(N3CCNCC3)nccc2s1)N1CCc2ccccc2C1. The molecule has 0 atom stereocenters. The van der Waals surface area contributed by atoms with Gasteiger partial charge < -0.3 is 10.2 Å². The molecule has 5 rings (SSSR count). The molecule has 4 heterocycles. The molecule has 1 N–H and O–H groups in total. The van der Waals surface area contributed by atoms with Crippen molar-refractivity contribution < 1.29 is 8.42 Å². The molecule has 0 saturated carbocycles. The van der Waals surface area contributed by atoms with E-state index < -0.39 is 10.0 Å². The Balaban J connectivity index is 0.00000205. The largest absolute Gasteiger partial charge is 0.354 e. The highest BCUT2D eigenvalue weighted by atomic mass is 35.5. The van der Waals surface area contributed by atoms with Crippen LogP contribution in [-0.4, -0.2) is 50.4 Å². The van der Waals surface area contributed by atoms with Crippen molar-refractivity contribution in [3.05, 3.63) is 53.7 Å². The zero-order valence-electron chi connectivity index (χ0n) is 15.9. The predicted octanol–water partition coefficient (Wildman–Crippen LogP) is 2.87. The van der Waals surface area contributed by atoms with Gasteiger partial charge in [0.05, 0.1) is 0 Å². The first kappa shape index (κ1) is 20.6. The predicted molar refractivity (Wildman–Crippen MR) is 120 cm³/mol. The lowest BCUT2D eigenvalue weighted by molar-refractivity contribution is 0.392. The Morgan fingerprint density at radius 2 is 1.79 bits per heavy atom. The number of rotatable bonds is 3. The number of pyridine rings is 1. The Morgan fingerprint density at radius 1 is 1.03 bits per heavy atom. The molecule has 0 aliphatic carbocycles. The first-order chi connectivity index (χ1) is 13.6. The van der Waals surface area contributed by atoms with Crippen molar-refractivity contribution in [1.82, 2.24) is 14.6 Å². The molecule has 3 aromatic rings. The van der Waals surface area contributed by atoms with E-state index in [1.807, 2.05) is 30.3 Å². The summed E-state index contributed by atoms with van der Waals surface area (Å²) in [5, 5.41) is 4.28. The average molecular weight is 451 g/mol. The molecule has 0 unspecified atom stereocenters. The van der Waals surface area contributed by atoms with Gasteiger partial charge in [0, 0.05) is 55.6 Å². The molecule has 2 aromatic heterocycles. The summed E-state index contributed by atoms with van der Waals surface area (Å²) in [5.74, 6) is 0.890. The smallest absolute Gasteiger partial charge is 0.252 e. The van der Waals surface area contributed by atoms with Gasteiger partial charge in [0.2, 0.25) is 0 Å². The highest BCUT2D eigenvalue weighted by Crippen LogP contribution is 2.36. The summed E-state index contributed by atoms with van der Waals surface area (Å²) >= 11 is 1.35. The van der Waals surface area contributed by atoms with E-state index >= 15 is 0 Å². The van der Waals surface area contributed by atoms with Crippen LogP contribution < -0.4 is 10.2 Å². The molecule has 0 radical (unpaired) electrons. The number of thiophene rings is 1. The quantitative estimate of drug-likeness (QED) is 0.664. The van der Waals surface area contributed by atoms with Crippen molar-refractivity contribution in [1.29, 1.82) is 0 Å². The molecular weight excluding hydrogens is 428 g/mol. The van der Waals surface area contributed by atoms with Crippen LogP contribution in [0.15, 0.2) is 46.8 Å². The Bertz CT molecular complexity index is 1130. The van der Waals surface area contributed by atoms with Gasteiger partial charge in [-0.05, 0) is 29.7 Å². The normalized spacial score (nSPS) is 17.7. The Kier molecular flexibility index (Phi) is 5.81. The van der Waals surface area contributed by atoms with Gasteiger partial charge in [-0.15, -0.1) is 23.7 Å². The van der Waals surface area contributed by atoms with Gasteiger partial charge in [-0.2, -0.15) is 4.31 Å². The maximum atomic E-state index is 13.3. The number of hydrogen-bond donors (Lipinski definition) is 1. The van der Waals surface area contributed by atoms with Gasteiger partial charge in [-0.3, -0.25) is 0 Å². The number of fused-ring (bicyclic) bond motifs is 2. The van der Waals surface area contributed by atoms with Crippen LogP contribution in [0.3, 0.4) is 0 Å². The van der Waals surface area contributed by atoms with E-state index in [9.17, 15) is 8.42 Å². The van der Waals surface area contributed by atoms with Gasteiger partial charge in [0.25, 0.3) is 10.0 Å². The van der Waals surface area contributed by atoms with Gasteiger partial charge in [-0.25, -0.2) is 13.4 Å². The van der Waals surface area contributed by atoms with Crippen molar-refractivity contribution >= 4 is 49.7 Å². The number of halogens is 1. The van der Waals surface area contributed by atoms with E-state index in [1.54, 1.807) is 10.5 Å². The first-order valence-electron chi connectivity index (χ1n) is 9.54. The summed E-state index contributed by atoms with van der Waals surface area (Å²) in [5.41, 5.74) is 2.34. The topological polar surface area (TPSA) is 65.5 Å². The fraction of sp³-hybridized carbons (Fsp3) is 0.350.